The highest BCUT2D eigenvalue weighted by Gasteiger charge is 2.46. The van der Waals surface area contributed by atoms with Gasteiger partial charge in [-0.05, 0) is 44.2 Å². The lowest BCUT2D eigenvalue weighted by molar-refractivity contribution is -0.121. The molecule has 0 radical (unpaired) electrons. The Morgan fingerprint density at radius 1 is 1.04 bits per heavy atom. The van der Waals surface area contributed by atoms with E-state index >= 15 is 0 Å². The van der Waals surface area contributed by atoms with Gasteiger partial charge in [0.2, 0.25) is 5.91 Å². The highest BCUT2D eigenvalue weighted by Crippen LogP contribution is 2.44. The Kier molecular flexibility index (Phi) is 3.87. The summed E-state index contributed by atoms with van der Waals surface area (Å²) in [5.41, 5.74) is 2.39. The van der Waals surface area contributed by atoms with Crippen molar-refractivity contribution >= 4 is 17.4 Å². The van der Waals surface area contributed by atoms with Crippen LogP contribution in [0, 0.1) is 5.41 Å². The molecule has 0 saturated heterocycles. The number of nitrogens with one attached hydrogen (secondary N) is 1. The molecule has 2 heterocycles. The van der Waals surface area contributed by atoms with Gasteiger partial charge in [-0.1, -0.05) is 32.9 Å². The minimum absolute atomic E-state index is 0.0295. The molecule has 0 fully saturated rings. The number of Topliss-reactive ketones (excluding diaryl/α,β-unsaturated/α-hetero) is 1. The van der Waals surface area contributed by atoms with Crippen LogP contribution in [0.5, 0.6) is 0 Å². The molecule has 0 bridgehead atoms. The van der Waals surface area contributed by atoms with E-state index in [1.54, 1.807) is 0 Å². The number of hydrogen-bond acceptors (Lipinski definition) is 3. The normalized spacial score (nSPS) is 24.2. The van der Waals surface area contributed by atoms with E-state index in [1.165, 1.54) is 0 Å². The molecular formula is C20H28N2O2. The van der Waals surface area contributed by atoms with Crippen molar-refractivity contribution in [3.8, 4) is 0 Å². The summed E-state index contributed by atoms with van der Waals surface area (Å²) in [6.45, 7) is 12.6. The zero-order valence-electron chi connectivity index (χ0n) is 15.6. The van der Waals surface area contributed by atoms with E-state index in [-0.39, 0.29) is 35.1 Å². The van der Waals surface area contributed by atoms with E-state index < -0.39 is 6.04 Å². The fourth-order valence-electron chi connectivity index (χ4n) is 3.86. The van der Waals surface area contributed by atoms with Crippen molar-refractivity contribution in [1.82, 2.24) is 5.32 Å². The van der Waals surface area contributed by atoms with E-state index in [2.05, 4.69) is 32.2 Å². The van der Waals surface area contributed by atoms with Crippen molar-refractivity contribution in [2.75, 3.05) is 4.90 Å². The number of nitrogens with zero attached hydrogens (tertiary/aromatic N) is 1. The van der Waals surface area contributed by atoms with Gasteiger partial charge < -0.3 is 10.2 Å². The zero-order chi connectivity index (χ0) is 17.9. The maximum Gasteiger partial charge on any atom is 0.244 e. The molecule has 4 nitrogen and oxygen atoms in total. The van der Waals surface area contributed by atoms with Crippen LogP contribution in [-0.4, -0.2) is 29.3 Å². The summed E-state index contributed by atoms with van der Waals surface area (Å²) in [7, 11) is 0. The fraction of sp³-hybridized carbons (Fsp3) is 0.600. The molecule has 2 atom stereocenters. The van der Waals surface area contributed by atoms with E-state index in [0.29, 0.717) is 5.56 Å². The molecule has 2 aliphatic rings. The summed E-state index contributed by atoms with van der Waals surface area (Å²) < 4.78 is 0. The third-order valence-corrected chi connectivity index (χ3v) is 4.92. The Morgan fingerprint density at radius 2 is 1.71 bits per heavy atom. The van der Waals surface area contributed by atoms with Crippen molar-refractivity contribution in [1.29, 1.82) is 0 Å². The molecule has 130 valence electrons. The van der Waals surface area contributed by atoms with Crippen LogP contribution in [0.1, 0.15) is 63.9 Å². The van der Waals surface area contributed by atoms with Gasteiger partial charge in [0.25, 0.3) is 0 Å². The number of benzene rings is 1. The molecule has 2 aliphatic heterocycles. The Morgan fingerprint density at radius 3 is 2.29 bits per heavy atom. The molecule has 0 aromatic heterocycles. The van der Waals surface area contributed by atoms with Gasteiger partial charge >= 0.3 is 0 Å². The topological polar surface area (TPSA) is 49.4 Å². The van der Waals surface area contributed by atoms with Crippen LogP contribution in [0.25, 0.3) is 0 Å². The van der Waals surface area contributed by atoms with Crippen molar-refractivity contribution in [2.24, 2.45) is 5.41 Å². The number of anilines is 1. The van der Waals surface area contributed by atoms with Gasteiger partial charge in [0.05, 0.1) is 11.7 Å². The molecule has 4 heteroatoms. The molecule has 2 unspecified atom stereocenters. The second kappa shape index (κ2) is 5.41. The molecule has 0 spiro atoms. The molecule has 0 saturated carbocycles. The fourth-order valence-corrected chi connectivity index (χ4v) is 3.86. The number of ketones is 1. The highest BCUT2D eigenvalue weighted by atomic mass is 16.2. The smallest absolute Gasteiger partial charge is 0.244 e. The van der Waals surface area contributed by atoms with Crippen LogP contribution in [-0.2, 0) is 11.2 Å². The average Bonchev–Trinajstić information content (AvgIpc) is 2.79. The average molecular weight is 328 g/mol. The molecule has 24 heavy (non-hydrogen) atoms. The van der Waals surface area contributed by atoms with Crippen molar-refractivity contribution in [3.05, 3.63) is 29.3 Å². The maximum absolute atomic E-state index is 13.4. The van der Waals surface area contributed by atoms with E-state index in [0.717, 1.165) is 17.7 Å². The largest absolute Gasteiger partial charge is 0.306 e. The number of para-hydroxylation sites is 1. The number of hydrogen-bond donors (Lipinski definition) is 1. The predicted molar refractivity (Wildman–Crippen MR) is 96.5 cm³/mol. The predicted octanol–water partition coefficient (Wildman–Crippen LogP) is 3.33. The second-order valence-corrected chi connectivity index (χ2v) is 9.18. The van der Waals surface area contributed by atoms with Gasteiger partial charge in [-0.15, -0.1) is 0 Å². The lowest BCUT2D eigenvalue weighted by Gasteiger charge is -2.37. The standard InChI is InChI=1S/C20H28N2O2/c1-19(2,3)16-10-12-8-7-9-13-15(23)11-14(21-20(4,5)6)18(24)22(16)17(12)13/h7-9,14,16,21H,10-11H2,1-6H3. The molecule has 1 N–H and O–H groups in total. The number of rotatable bonds is 1. The lowest BCUT2D eigenvalue weighted by Crippen LogP contribution is -2.56. The molecule has 3 rings (SSSR count). The molecule has 1 amide bonds. The van der Waals surface area contributed by atoms with Crippen LogP contribution in [0.15, 0.2) is 18.2 Å². The molecule has 0 aliphatic carbocycles. The summed E-state index contributed by atoms with van der Waals surface area (Å²) in [4.78, 5) is 28.1. The highest BCUT2D eigenvalue weighted by molar-refractivity contribution is 6.14. The van der Waals surface area contributed by atoms with Crippen LogP contribution in [0.2, 0.25) is 0 Å². The monoisotopic (exact) mass is 328 g/mol. The minimum atomic E-state index is -0.472. The first kappa shape index (κ1) is 17.2. The zero-order valence-corrected chi connectivity index (χ0v) is 15.6. The quantitative estimate of drug-likeness (QED) is 0.860. The minimum Gasteiger partial charge on any atom is -0.306 e. The Balaban J connectivity index is 2.12. The SMILES string of the molecule is CC(C)(C)NC1CC(=O)c2cccc3c2N(C1=O)C(C(C)(C)C)C3. The van der Waals surface area contributed by atoms with Crippen LogP contribution >= 0.6 is 0 Å². The molecular weight excluding hydrogens is 300 g/mol. The van der Waals surface area contributed by atoms with E-state index in [1.807, 2.05) is 37.8 Å². The van der Waals surface area contributed by atoms with Crippen molar-refractivity contribution < 1.29 is 9.59 Å². The first-order valence-electron chi connectivity index (χ1n) is 8.75. The number of carbonyl (C=O) groups is 2. The summed E-state index contributed by atoms with van der Waals surface area (Å²) >= 11 is 0. The van der Waals surface area contributed by atoms with Gasteiger partial charge in [0, 0.05) is 23.6 Å². The first-order chi connectivity index (χ1) is 11.0. The van der Waals surface area contributed by atoms with Gasteiger partial charge in [-0.2, -0.15) is 0 Å². The summed E-state index contributed by atoms with van der Waals surface area (Å²) in [5.74, 6) is 0.0842. The first-order valence-corrected chi connectivity index (χ1v) is 8.75. The van der Waals surface area contributed by atoms with Crippen molar-refractivity contribution in [2.45, 2.75) is 72.0 Å². The molecule has 1 aromatic carbocycles. The number of carbonyl (C=O) groups excluding carboxylic acids is 2. The third kappa shape index (κ3) is 2.88. The van der Waals surface area contributed by atoms with Crippen LogP contribution in [0.4, 0.5) is 5.69 Å². The Hall–Kier alpha value is -1.68. The Bertz CT molecular complexity index is 695. The van der Waals surface area contributed by atoms with E-state index in [9.17, 15) is 9.59 Å². The van der Waals surface area contributed by atoms with Gasteiger partial charge in [-0.3, -0.25) is 9.59 Å². The van der Waals surface area contributed by atoms with Gasteiger partial charge in [0.1, 0.15) is 0 Å². The lowest BCUT2D eigenvalue weighted by atomic mass is 9.84. The van der Waals surface area contributed by atoms with Gasteiger partial charge in [-0.25, -0.2) is 0 Å². The maximum atomic E-state index is 13.4. The summed E-state index contributed by atoms with van der Waals surface area (Å²) in [5, 5.41) is 3.36. The Labute approximate surface area is 144 Å². The number of amides is 1. The third-order valence-electron chi connectivity index (χ3n) is 4.92. The second-order valence-electron chi connectivity index (χ2n) is 9.18. The van der Waals surface area contributed by atoms with Gasteiger partial charge in [0.15, 0.2) is 5.78 Å². The van der Waals surface area contributed by atoms with Crippen LogP contribution < -0.4 is 10.2 Å². The van der Waals surface area contributed by atoms with E-state index in [4.69, 9.17) is 0 Å². The van der Waals surface area contributed by atoms with Crippen molar-refractivity contribution in [3.63, 3.8) is 0 Å². The summed E-state index contributed by atoms with van der Waals surface area (Å²) in [6, 6.07) is 5.47. The van der Waals surface area contributed by atoms with Crippen LogP contribution in [0.3, 0.4) is 0 Å². The summed E-state index contributed by atoms with van der Waals surface area (Å²) in [6.07, 6.45) is 1.04. The molecule has 1 aromatic rings.